The standard InChI is InChI=1S/C23H27N5O2S/c1-4-28-20(14-21(29)25-19-12-10-16(2)11-13-19)26-27-23(28)31-15-22(30)24-17(3)18-8-6-5-7-9-18/h5-13,17H,4,14-15H2,1-3H3,(H,24,30)(H,25,29)/t17-/m1/s1. The number of anilines is 1. The number of benzene rings is 2. The molecular formula is C23H27N5O2S. The van der Waals surface area contributed by atoms with E-state index in [0.717, 1.165) is 16.8 Å². The third-order valence-electron chi connectivity index (χ3n) is 4.77. The Morgan fingerprint density at radius 3 is 2.42 bits per heavy atom. The summed E-state index contributed by atoms with van der Waals surface area (Å²) in [5.41, 5.74) is 2.93. The third kappa shape index (κ3) is 6.42. The van der Waals surface area contributed by atoms with Gasteiger partial charge in [0.05, 0.1) is 18.2 Å². The first-order valence-corrected chi connectivity index (χ1v) is 11.2. The molecule has 162 valence electrons. The van der Waals surface area contributed by atoms with Crippen molar-refractivity contribution in [3.8, 4) is 0 Å². The number of hydrogen-bond donors (Lipinski definition) is 2. The van der Waals surface area contributed by atoms with Crippen molar-refractivity contribution in [1.82, 2.24) is 20.1 Å². The first kappa shape index (κ1) is 22.6. The van der Waals surface area contributed by atoms with Crippen LogP contribution >= 0.6 is 11.8 Å². The molecule has 2 aromatic carbocycles. The van der Waals surface area contributed by atoms with Crippen molar-refractivity contribution in [3.63, 3.8) is 0 Å². The Balaban J connectivity index is 1.55. The van der Waals surface area contributed by atoms with Gasteiger partial charge in [-0.3, -0.25) is 9.59 Å². The van der Waals surface area contributed by atoms with E-state index in [-0.39, 0.29) is 30.0 Å². The molecule has 1 heterocycles. The number of aryl methyl sites for hydroxylation is 1. The summed E-state index contributed by atoms with van der Waals surface area (Å²) in [6.07, 6.45) is 0.118. The highest BCUT2D eigenvalue weighted by Gasteiger charge is 2.17. The topological polar surface area (TPSA) is 88.9 Å². The largest absolute Gasteiger partial charge is 0.349 e. The van der Waals surface area contributed by atoms with E-state index in [1.54, 1.807) is 0 Å². The summed E-state index contributed by atoms with van der Waals surface area (Å²) < 4.78 is 1.87. The van der Waals surface area contributed by atoms with Crippen LogP contribution in [0.1, 0.15) is 36.8 Å². The molecule has 0 saturated heterocycles. The Kier molecular flexibility index (Phi) is 7.83. The summed E-state index contributed by atoms with van der Waals surface area (Å²) in [4.78, 5) is 24.8. The Morgan fingerprint density at radius 1 is 1.03 bits per heavy atom. The van der Waals surface area contributed by atoms with Gasteiger partial charge in [-0.05, 0) is 38.5 Å². The van der Waals surface area contributed by atoms with Crippen LogP contribution in [0.15, 0.2) is 59.8 Å². The number of nitrogens with one attached hydrogen (secondary N) is 2. The summed E-state index contributed by atoms with van der Waals surface area (Å²) in [5.74, 6) is 0.570. The smallest absolute Gasteiger partial charge is 0.232 e. The van der Waals surface area contributed by atoms with E-state index in [1.165, 1.54) is 11.8 Å². The molecule has 0 aliphatic carbocycles. The minimum Gasteiger partial charge on any atom is -0.349 e. The van der Waals surface area contributed by atoms with Gasteiger partial charge < -0.3 is 15.2 Å². The molecule has 3 rings (SSSR count). The number of carbonyl (C=O) groups is 2. The van der Waals surface area contributed by atoms with E-state index in [0.29, 0.717) is 17.5 Å². The van der Waals surface area contributed by atoms with E-state index in [1.807, 2.05) is 79.9 Å². The molecule has 0 unspecified atom stereocenters. The molecule has 1 atom stereocenters. The zero-order valence-electron chi connectivity index (χ0n) is 18.0. The lowest BCUT2D eigenvalue weighted by Crippen LogP contribution is -2.28. The Labute approximate surface area is 186 Å². The average Bonchev–Trinajstić information content (AvgIpc) is 3.15. The number of amides is 2. The van der Waals surface area contributed by atoms with Gasteiger partial charge in [0.25, 0.3) is 0 Å². The monoisotopic (exact) mass is 437 g/mol. The van der Waals surface area contributed by atoms with E-state index in [2.05, 4.69) is 20.8 Å². The Morgan fingerprint density at radius 2 is 1.74 bits per heavy atom. The fourth-order valence-electron chi connectivity index (χ4n) is 3.10. The van der Waals surface area contributed by atoms with Crippen molar-refractivity contribution in [2.75, 3.05) is 11.1 Å². The van der Waals surface area contributed by atoms with Crippen LogP contribution in [-0.2, 0) is 22.6 Å². The summed E-state index contributed by atoms with van der Waals surface area (Å²) in [5, 5.41) is 14.8. The van der Waals surface area contributed by atoms with Crippen LogP contribution in [0.25, 0.3) is 0 Å². The quantitative estimate of drug-likeness (QED) is 0.498. The predicted octanol–water partition coefficient (Wildman–Crippen LogP) is 3.76. The number of rotatable bonds is 9. The summed E-state index contributed by atoms with van der Waals surface area (Å²) in [6.45, 7) is 6.53. The SMILES string of the molecule is CCn1c(CC(=O)Nc2ccc(C)cc2)nnc1SCC(=O)N[C@H](C)c1ccccc1. The van der Waals surface area contributed by atoms with Crippen LogP contribution in [0.5, 0.6) is 0 Å². The molecule has 7 nitrogen and oxygen atoms in total. The molecule has 0 aliphatic rings. The summed E-state index contributed by atoms with van der Waals surface area (Å²) in [7, 11) is 0. The molecule has 0 fully saturated rings. The minimum atomic E-state index is -0.156. The fraction of sp³-hybridized carbons (Fsp3) is 0.304. The van der Waals surface area contributed by atoms with Gasteiger partial charge in [0.1, 0.15) is 5.82 Å². The molecule has 3 aromatic rings. The van der Waals surface area contributed by atoms with Gasteiger partial charge in [0.15, 0.2) is 5.16 Å². The maximum atomic E-state index is 12.4. The van der Waals surface area contributed by atoms with Gasteiger partial charge in [-0.25, -0.2) is 0 Å². The van der Waals surface area contributed by atoms with E-state index < -0.39 is 0 Å². The van der Waals surface area contributed by atoms with Gasteiger partial charge in [-0.1, -0.05) is 59.8 Å². The highest BCUT2D eigenvalue weighted by atomic mass is 32.2. The number of carbonyl (C=O) groups excluding carboxylic acids is 2. The third-order valence-corrected chi connectivity index (χ3v) is 5.74. The molecule has 0 bridgehead atoms. The highest BCUT2D eigenvalue weighted by Crippen LogP contribution is 2.19. The second kappa shape index (κ2) is 10.8. The Bertz CT molecular complexity index is 1020. The Hall–Kier alpha value is -3.13. The normalized spacial score (nSPS) is 11.7. The van der Waals surface area contributed by atoms with Crippen LogP contribution in [0, 0.1) is 6.92 Å². The highest BCUT2D eigenvalue weighted by molar-refractivity contribution is 7.99. The number of hydrogen-bond acceptors (Lipinski definition) is 5. The van der Waals surface area contributed by atoms with E-state index in [4.69, 9.17) is 0 Å². The molecule has 1 aromatic heterocycles. The molecule has 2 N–H and O–H groups in total. The van der Waals surface area contributed by atoms with E-state index in [9.17, 15) is 9.59 Å². The maximum Gasteiger partial charge on any atom is 0.232 e. The molecule has 31 heavy (non-hydrogen) atoms. The molecule has 0 aliphatic heterocycles. The lowest BCUT2D eigenvalue weighted by molar-refractivity contribution is -0.119. The molecule has 8 heteroatoms. The lowest BCUT2D eigenvalue weighted by atomic mass is 10.1. The van der Waals surface area contributed by atoms with Crippen molar-refractivity contribution in [1.29, 1.82) is 0 Å². The predicted molar refractivity (Wildman–Crippen MR) is 123 cm³/mol. The zero-order valence-corrected chi connectivity index (χ0v) is 18.8. The zero-order chi connectivity index (χ0) is 22.2. The van der Waals surface area contributed by atoms with Gasteiger partial charge in [0.2, 0.25) is 11.8 Å². The van der Waals surface area contributed by atoms with Crippen molar-refractivity contribution in [2.24, 2.45) is 0 Å². The van der Waals surface area contributed by atoms with Crippen molar-refractivity contribution in [3.05, 3.63) is 71.5 Å². The van der Waals surface area contributed by atoms with Crippen LogP contribution in [0.2, 0.25) is 0 Å². The minimum absolute atomic E-state index is 0.0700. The molecule has 2 amide bonds. The second-order valence-electron chi connectivity index (χ2n) is 7.22. The van der Waals surface area contributed by atoms with Gasteiger partial charge >= 0.3 is 0 Å². The van der Waals surface area contributed by atoms with Crippen molar-refractivity contribution in [2.45, 2.75) is 44.9 Å². The lowest BCUT2D eigenvalue weighted by Gasteiger charge is -2.14. The summed E-state index contributed by atoms with van der Waals surface area (Å²) >= 11 is 1.32. The average molecular weight is 438 g/mol. The number of thioether (sulfide) groups is 1. The van der Waals surface area contributed by atoms with Crippen LogP contribution in [0.4, 0.5) is 5.69 Å². The van der Waals surface area contributed by atoms with Gasteiger partial charge in [0, 0.05) is 12.2 Å². The summed E-state index contributed by atoms with van der Waals surface area (Å²) in [6, 6.07) is 17.4. The maximum absolute atomic E-state index is 12.4. The van der Waals surface area contributed by atoms with Crippen LogP contribution in [0.3, 0.4) is 0 Å². The second-order valence-corrected chi connectivity index (χ2v) is 8.17. The van der Waals surface area contributed by atoms with Gasteiger partial charge in [-0.2, -0.15) is 0 Å². The molecule has 0 radical (unpaired) electrons. The first-order valence-electron chi connectivity index (χ1n) is 10.2. The fourth-order valence-corrected chi connectivity index (χ4v) is 3.93. The van der Waals surface area contributed by atoms with Gasteiger partial charge in [-0.15, -0.1) is 10.2 Å². The number of nitrogens with zero attached hydrogens (tertiary/aromatic N) is 3. The molecular weight excluding hydrogens is 410 g/mol. The van der Waals surface area contributed by atoms with E-state index >= 15 is 0 Å². The van der Waals surface area contributed by atoms with Crippen molar-refractivity contribution < 1.29 is 9.59 Å². The van der Waals surface area contributed by atoms with Crippen LogP contribution in [-0.4, -0.2) is 32.3 Å². The number of aromatic nitrogens is 3. The first-order chi connectivity index (χ1) is 15.0. The molecule has 0 saturated carbocycles. The van der Waals surface area contributed by atoms with Crippen molar-refractivity contribution >= 4 is 29.3 Å². The molecule has 0 spiro atoms. The van der Waals surface area contributed by atoms with Crippen LogP contribution < -0.4 is 10.6 Å².